The molecule has 2 N–H and O–H groups in total. The number of likely N-dealkylation sites (tertiary alicyclic amines) is 1. The van der Waals surface area contributed by atoms with Crippen LogP contribution in [-0.2, 0) is 15.7 Å². The van der Waals surface area contributed by atoms with Crippen molar-refractivity contribution in [2.45, 2.75) is 51.7 Å². The van der Waals surface area contributed by atoms with Crippen molar-refractivity contribution in [3.8, 4) is 0 Å². The van der Waals surface area contributed by atoms with E-state index in [1.807, 2.05) is 17.8 Å². The maximum Gasteiger partial charge on any atom is 0.421 e. The third-order valence-electron chi connectivity index (χ3n) is 6.85. The van der Waals surface area contributed by atoms with Crippen molar-refractivity contribution >= 4 is 23.4 Å². The molecule has 13 heteroatoms. The number of hydrogen-bond acceptors (Lipinski definition) is 8. The average molecular weight is 525 g/mol. The SMILES string of the molecule is CCN1CCC(n2cc(Nc3ncc(C(F)(F)F)c(NCCCN4CCOCCC4=O)n3)c(C)n2)CC1. The van der Waals surface area contributed by atoms with E-state index in [0.717, 1.165) is 44.4 Å². The highest BCUT2D eigenvalue weighted by Crippen LogP contribution is 2.34. The first-order valence-electron chi connectivity index (χ1n) is 12.8. The first-order valence-corrected chi connectivity index (χ1v) is 12.8. The van der Waals surface area contributed by atoms with Gasteiger partial charge in [-0.15, -0.1) is 0 Å². The van der Waals surface area contributed by atoms with Crippen molar-refractivity contribution in [3.05, 3.63) is 23.7 Å². The Labute approximate surface area is 214 Å². The van der Waals surface area contributed by atoms with E-state index in [2.05, 4.69) is 37.5 Å². The summed E-state index contributed by atoms with van der Waals surface area (Å²) in [5.41, 5.74) is 0.444. The largest absolute Gasteiger partial charge is 0.421 e. The Kier molecular flexibility index (Phi) is 8.85. The van der Waals surface area contributed by atoms with Crippen molar-refractivity contribution in [2.75, 3.05) is 63.1 Å². The first-order chi connectivity index (χ1) is 17.7. The lowest BCUT2D eigenvalue weighted by Crippen LogP contribution is -2.34. The monoisotopic (exact) mass is 524 g/mol. The van der Waals surface area contributed by atoms with E-state index in [1.54, 1.807) is 4.90 Å². The molecular weight excluding hydrogens is 489 g/mol. The van der Waals surface area contributed by atoms with Crippen LogP contribution in [0.1, 0.15) is 49.9 Å². The van der Waals surface area contributed by atoms with Gasteiger partial charge < -0.3 is 25.2 Å². The van der Waals surface area contributed by atoms with Crippen molar-refractivity contribution in [3.63, 3.8) is 0 Å². The number of carbonyl (C=O) groups is 1. The molecule has 0 spiro atoms. The molecule has 2 aromatic rings. The summed E-state index contributed by atoms with van der Waals surface area (Å²) in [6.07, 6.45) is 0.835. The first kappa shape index (κ1) is 27.1. The second-order valence-electron chi connectivity index (χ2n) is 9.38. The second-order valence-corrected chi connectivity index (χ2v) is 9.38. The Morgan fingerprint density at radius 3 is 2.70 bits per heavy atom. The lowest BCUT2D eigenvalue weighted by molar-refractivity contribution is -0.137. The van der Waals surface area contributed by atoms with Gasteiger partial charge in [-0.2, -0.15) is 23.3 Å². The van der Waals surface area contributed by atoms with Gasteiger partial charge in [0.2, 0.25) is 11.9 Å². The third-order valence-corrected chi connectivity index (χ3v) is 6.85. The number of ether oxygens (including phenoxy) is 1. The number of halogens is 3. The molecule has 0 aromatic carbocycles. The zero-order valence-electron chi connectivity index (χ0n) is 21.4. The van der Waals surface area contributed by atoms with E-state index < -0.39 is 11.7 Å². The standard InChI is InChI=1S/C24H35F3N8O2/c1-3-33-10-5-18(6-11-33)35-16-20(17(2)32-35)30-23-29-15-19(24(25,26)27)22(31-23)28-8-4-9-34-12-14-37-13-7-21(34)36/h15-16,18H,3-14H2,1-2H3,(H2,28,29,30,31). The van der Waals surface area contributed by atoms with Gasteiger partial charge in [0.15, 0.2) is 0 Å². The number of aromatic nitrogens is 4. The number of rotatable bonds is 9. The van der Waals surface area contributed by atoms with E-state index in [1.165, 1.54) is 0 Å². The van der Waals surface area contributed by atoms with E-state index in [-0.39, 0.29) is 30.3 Å². The molecular formula is C24H35F3N8O2. The molecule has 4 heterocycles. The van der Waals surface area contributed by atoms with E-state index in [9.17, 15) is 18.0 Å². The number of nitrogens with one attached hydrogen (secondary N) is 2. The van der Waals surface area contributed by atoms with Crippen LogP contribution in [0.2, 0.25) is 0 Å². The summed E-state index contributed by atoms with van der Waals surface area (Å²) < 4.78 is 48.1. The number of hydrogen-bond donors (Lipinski definition) is 2. The number of nitrogens with zero attached hydrogens (tertiary/aromatic N) is 6. The van der Waals surface area contributed by atoms with Gasteiger partial charge in [-0.1, -0.05) is 6.92 Å². The summed E-state index contributed by atoms with van der Waals surface area (Å²) in [6.45, 7) is 9.06. The smallest absolute Gasteiger partial charge is 0.379 e. The maximum absolute atomic E-state index is 13.6. The van der Waals surface area contributed by atoms with Crippen molar-refractivity contribution in [1.82, 2.24) is 29.5 Å². The van der Waals surface area contributed by atoms with Crippen molar-refractivity contribution in [1.29, 1.82) is 0 Å². The molecule has 0 atom stereocenters. The molecule has 2 aliphatic rings. The topological polar surface area (TPSA) is 100 Å². The van der Waals surface area contributed by atoms with Gasteiger partial charge in [-0.3, -0.25) is 9.48 Å². The molecule has 2 fully saturated rings. The molecule has 10 nitrogen and oxygen atoms in total. The summed E-state index contributed by atoms with van der Waals surface area (Å²) in [4.78, 5) is 24.2. The zero-order valence-corrected chi connectivity index (χ0v) is 21.4. The summed E-state index contributed by atoms with van der Waals surface area (Å²) in [5, 5.41) is 10.4. The van der Waals surface area contributed by atoms with Crippen LogP contribution in [0.15, 0.2) is 12.4 Å². The third kappa shape index (κ3) is 7.10. The molecule has 1 amide bonds. The minimum atomic E-state index is -4.60. The Morgan fingerprint density at radius 2 is 1.97 bits per heavy atom. The predicted molar refractivity (Wildman–Crippen MR) is 133 cm³/mol. The van der Waals surface area contributed by atoms with Gasteiger partial charge in [-0.05, 0) is 32.7 Å². The highest BCUT2D eigenvalue weighted by Gasteiger charge is 2.35. The average Bonchev–Trinajstić information content (AvgIpc) is 3.10. The molecule has 37 heavy (non-hydrogen) atoms. The Balaban J connectivity index is 1.41. The van der Waals surface area contributed by atoms with Crippen LogP contribution in [0.4, 0.5) is 30.6 Å². The molecule has 2 aliphatic heterocycles. The van der Waals surface area contributed by atoms with Crippen LogP contribution in [0, 0.1) is 6.92 Å². The molecule has 0 saturated carbocycles. The van der Waals surface area contributed by atoms with Gasteiger partial charge in [0.05, 0.1) is 37.1 Å². The molecule has 204 valence electrons. The fourth-order valence-electron chi connectivity index (χ4n) is 4.63. The van der Waals surface area contributed by atoms with Gasteiger partial charge in [-0.25, -0.2) is 4.98 Å². The normalized spacial score (nSPS) is 18.2. The van der Waals surface area contributed by atoms with Crippen LogP contribution in [0.5, 0.6) is 0 Å². The van der Waals surface area contributed by atoms with Crippen molar-refractivity contribution < 1.29 is 22.7 Å². The fourth-order valence-corrected chi connectivity index (χ4v) is 4.63. The summed E-state index contributed by atoms with van der Waals surface area (Å²) in [5.74, 6) is -0.250. The minimum absolute atomic E-state index is 0.00571. The van der Waals surface area contributed by atoms with Crippen LogP contribution in [0.3, 0.4) is 0 Å². The van der Waals surface area contributed by atoms with Gasteiger partial charge in [0, 0.05) is 45.1 Å². The Hall–Kier alpha value is -2.93. The number of anilines is 3. The molecule has 4 rings (SSSR count). The predicted octanol–water partition coefficient (Wildman–Crippen LogP) is 3.45. The molecule has 2 aromatic heterocycles. The van der Waals surface area contributed by atoms with Crippen LogP contribution >= 0.6 is 0 Å². The Bertz CT molecular complexity index is 1050. The number of carbonyl (C=O) groups excluding carboxylic acids is 1. The quantitative estimate of drug-likeness (QED) is 0.481. The molecule has 0 bridgehead atoms. The molecule has 0 unspecified atom stereocenters. The highest BCUT2D eigenvalue weighted by molar-refractivity contribution is 5.76. The number of alkyl halides is 3. The molecule has 2 saturated heterocycles. The van der Waals surface area contributed by atoms with Gasteiger partial charge in [0.25, 0.3) is 0 Å². The van der Waals surface area contributed by atoms with Crippen LogP contribution in [0.25, 0.3) is 0 Å². The zero-order chi connectivity index (χ0) is 26.4. The van der Waals surface area contributed by atoms with Crippen LogP contribution in [-0.4, -0.2) is 87.9 Å². The van der Waals surface area contributed by atoms with Crippen molar-refractivity contribution in [2.24, 2.45) is 0 Å². The van der Waals surface area contributed by atoms with E-state index >= 15 is 0 Å². The number of piperidine rings is 1. The van der Waals surface area contributed by atoms with Crippen LogP contribution < -0.4 is 10.6 Å². The minimum Gasteiger partial charge on any atom is -0.379 e. The molecule has 0 aliphatic carbocycles. The summed E-state index contributed by atoms with van der Waals surface area (Å²) >= 11 is 0. The highest BCUT2D eigenvalue weighted by atomic mass is 19.4. The van der Waals surface area contributed by atoms with E-state index in [4.69, 9.17) is 4.74 Å². The van der Waals surface area contributed by atoms with Gasteiger partial charge in [0.1, 0.15) is 11.4 Å². The summed E-state index contributed by atoms with van der Waals surface area (Å²) in [7, 11) is 0. The second kappa shape index (κ2) is 12.1. The molecule has 0 radical (unpaired) electrons. The summed E-state index contributed by atoms with van der Waals surface area (Å²) in [6, 6.07) is 0.283. The lowest BCUT2D eigenvalue weighted by atomic mass is 10.1. The van der Waals surface area contributed by atoms with Gasteiger partial charge >= 0.3 is 6.18 Å². The maximum atomic E-state index is 13.6. The number of amides is 1. The number of aryl methyl sites for hydroxylation is 1. The fraction of sp³-hybridized carbons (Fsp3) is 0.667. The lowest BCUT2D eigenvalue weighted by Gasteiger charge is -2.31. The Morgan fingerprint density at radius 1 is 1.19 bits per heavy atom. The van der Waals surface area contributed by atoms with E-state index in [0.29, 0.717) is 44.8 Å².